The highest BCUT2D eigenvalue weighted by atomic mass is 127. The third-order valence-electron chi connectivity index (χ3n) is 1.22. The molecule has 1 aromatic rings. The number of halogens is 5. The lowest BCUT2D eigenvalue weighted by atomic mass is 10.3. The molecule has 7 heteroatoms. The van der Waals surface area contributed by atoms with Gasteiger partial charge in [-0.15, -0.1) is 0 Å². The monoisotopic (exact) mass is 446 g/mol. The minimum absolute atomic E-state index is 0.0257. The summed E-state index contributed by atoms with van der Waals surface area (Å²) >= 11 is 3.40. The fourth-order valence-corrected chi connectivity index (χ4v) is 3.55. The smallest absolute Gasteiger partial charge is 0.446 e. The van der Waals surface area contributed by atoms with Crippen LogP contribution in [0.25, 0.3) is 0 Å². The number of thioether (sulfide) groups is 1. The predicted octanol–water partition coefficient (Wildman–Crippen LogP) is 4.21. The third-order valence-corrected chi connectivity index (χ3v) is 3.57. The number of phenolic OH excluding ortho intramolecular Hbond substituents is 1. The van der Waals surface area contributed by atoms with Crippen molar-refractivity contribution in [1.82, 2.24) is 0 Å². The van der Waals surface area contributed by atoms with E-state index in [-0.39, 0.29) is 22.4 Å². The van der Waals surface area contributed by atoms with Crippen LogP contribution in [-0.2, 0) is 0 Å². The number of hydrogen-bond acceptors (Lipinski definition) is 2. The van der Waals surface area contributed by atoms with E-state index in [1.165, 1.54) is 12.1 Å². The number of hydrogen-bond donors (Lipinski definition) is 1. The Bertz CT molecular complexity index is 330. The first-order valence-corrected chi connectivity index (χ1v) is 6.21. The number of benzene rings is 1. The van der Waals surface area contributed by atoms with Crippen LogP contribution in [0.2, 0.25) is 0 Å². The molecule has 0 amide bonds. The van der Waals surface area contributed by atoms with Crippen LogP contribution in [0.15, 0.2) is 17.0 Å². The first kappa shape index (κ1) is 12.7. The van der Waals surface area contributed by atoms with E-state index < -0.39 is 5.51 Å². The minimum Gasteiger partial charge on any atom is -0.506 e. The van der Waals surface area contributed by atoms with Gasteiger partial charge >= 0.3 is 5.51 Å². The Kier molecular flexibility index (Phi) is 4.21. The van der Waals surface area contributed by atoms with Gasteiger partial charge in [-0.1, -0.05) is 0 Å². The number of rotatable bonds is 1. The molecule has 0 aromatic heterocycles. The quantitative estimate of drug-likeness (QED) is 0.516. The van der Waals surface area contributed by atoms with Crippen molar-refractivity contribution >= 4 is 56.9 Å². The highest BCUT2D eigenvalue weighted by Crippen LogP contribution is 2.40. The molecule has 1 N–H and O–H groups in total. The summed E-state index contributed by atoms with van der Waals surface area (Å²) in [6.45, 7) is 0. The van der Waals surface area contributed by atoms with Crippen molar-refractivity contribution < 1.29 is 18.3 Å². The number of phenols is 1. The van der Waals surface area contributed by atoms with Crippen molar-refractivity contribution in [2.24, 2.45) is 0 Å². The van der Waals surface area contributed by atoms with Gasteiger partial charge in [-0.05, 0) is 69.1 Å². The van der Waals surface area contributed by atoms with Crippen molar-refractivity contribution in [2.45, 2.75) is 10.4 Å². The van der Waals surface area contributed by atoms with Gasteiger partial charge in [0.2, 0.25) is 0 Å². The van der Waals surface area contributed by atoms with Crippen LogP contribution in [0.3, 0.4) is 0 Å². The summed E-state index contributed by atoms with van der Waals surface area (Å²) in [6.07, 6.45) is 0. The molecule has 0 aliphatic heterocycles. The minimum atomic E-state index is -4.29. The molecule has 0 radical (unpaired) electrons. The van der Waals surface area contributed by atoms with Gasteiger partial charge in [0.1, 0.15) is 5.75 Å². The lowest BCUT2D eigenvalue weighted by molar-refractivity contribution is -0.0328. The summed E-state index contributed by atoms with van der Waals surface area (Å²) < 4.78 is 36.8. The van der Waals surface area contributed by atoms with Gasteiger partial charge in [-0.2, -0.15) is 13.2 Å². The second kappa shape index (κ2) is 4.64. The average molecular weight is 446 g/mol. The van der Waals surface area contributed by atoms with Crippen molar-refractivity contribution in [3.63, 3.8) is 0 Å². The van der Waals surface area contributed by atoms with E-state index in [0.717, 1.165) is 0 Å². The summed E-state index contributed by atoms with van der Waals surface area (Å²) in [4.78, 5) is 0.0871. The molecule has 0 aliphatic rings. The van der Waals surface area contributed by atoms with E-state index in [4.69, 9.17) is 0 Å². The maximum atomic E-state index is 12.0. The highest BCUT2D eigenvalue weighted by Gasteiger charge is 2.29. The van der Waals surface area contributed by atoms with E-state index in [1.807, 2.05) is 0 Å². The van der Waals surface area contributed by atoms with Crippen molar-refractivity contribution in [3.8, 4) is 5.75 Å². The molecule has 0 atom stereocenters. The van der Waals surface area contributed by atoms with Crippen LogP contribution in [0.1, 0.15) is 0 Å². The maximum Gasteiger partial charge on any atom is 0.446 e. The van der Waals surface area contributed by atoms with Crippen molar-refractivity contribution in [2.75, 3.05) is 0 Å². The molecular weight excluding hydrogens is 443 g/mol. The summed E-state index contributed by atoms with van der Waals surface area (Å²) in [6, 6.07) is 2.60. The molecule has 14 heavy (non-hydrogen) atoms. The topological polar surface area (TPSA) is 20.2 Å². The van der Waals surface area contributed by atoms with E-state index in [9.17, 15) is 18.3 Å². The van der Waals surface area contributed by atoms with Crippen molar-refractivity contribution in [1.29, 1.82) is 0 Å². The maximum absolute atomic E-state index is 12.0. The zero-order valence-electron chi connectivity index (χ0n) is 6.40. The zero-order chi connectivity index (χ0) is 10.9. The van der Waals surface area contributed by atoms with Crippen LogP contribution in [-0.4, -0.2) is 10.6 Å². The second-order valence-corrected chi connectivity index (χ2v) is 5.75. The molecule has 1 aromatic carbocycles. The van der Waals surface area contributed by atoms with Gasteiger partial charge in [0, 0.05) is 4.90 Å². The standard InChI is InChI=1S/C7H3F3I2OS/c8-7(9,10)14-3-1-4(11)6(13)5(12)2-3/h1-2,13H. The zero-order valence-corrected chi connectivity index (χ0v) is 11.5. The van der Waals surface area contributed by atoms with Gasteiger partial charge in [0.05, 0.1) is 7.14 Å². The molecule has 78 valence electrons. The Morgan fingerprint density at radius 3 is 1.93 bits per heavy atom. The molecule has 0 fully saturated rings. The summed E-state index contributed by atoms with van der Waals surface area (Å²) in [5.41, 5.74) is -4.29. The SMILES string of the molecule is Oc1c(I)cc(SC(F)(F)F)cc1I. The highest BCUT2D eigenvalue weighted by molar-refractivity contribution is 14.1. The Labute approximate surface area is 110 Å². The summed E-state index contributed by atoms with van der Waals surface area (Å²) in [5, 5.41) is 9.32. The van der Waals surface area contributed by atoms with Crippen LogP contribution in [0, 0.1) is 7.14 Å². The second-order valence-electron chi connectivity index (χ2n) is 2.28. The average Bonchev–Trinajstić information content (AvgIpc) is 1.96. The first-order chi connectivity index (χ1) is 6.29. The third kappa shape index (κ3) is 3.65. The molecular formula is C7H3F3I2OS. The fraction of sp³-hybridized carbons (Fsp3) is 0.143. The molecule has 0 heterocycles. The van der Waals surface area contributed by atoms with Gasteiger partial charge in [0.15, 0.2) is 0 Å². The van der Waals surface area contributed by atoms with E-state index >= 15 is 0 Å². The Balaban J connectivity index is 3.02. The summed E-state index contributed by atoms with van der Waals surface area (Å²) in [7, 11) is 0. The van der Waals surface area contributed by atoms with Gasteiger partial charge < -0.3 is 5.11 Å². The molecule has 0 spiro atoms. The van der Waals surface area contributed by atoms with Crippen LogP contribution in [0.5, 0.6) is 5.75 Å². The predicted molar refractivity (Wildman–Crippen MR) is 65.5 cm³/mol. The summed E-state index contributed by atoms with van der Waals surface area (Å²) in [5.74, 6) is 0.0257. The van der Waals surface area contributed by atoms with Gasteiger partial charge in [-0.3, -0.25) is 0 Å². The van der Waals surface area contributed by atoms with Crippen LogP contribution >= 0.6 is 56.9 Å². The lowest BCUT2D eigenvalue weighted by Crippen LogP contribution is -1.99. The Morgan fingerprint density at radius 1 is 1.14 bits per heavy atom. The Hall–Kier alpha value is 0.620. The molecule has 0 saturated carbocycles. The Morgan fingerprint density at radius 2 is 1.57 bits per heavy atom. The number of aromatic hydroxyl groups is 1. The number of alkyl halides is 3. The van der Waals surface area contributed by atoms with Crippen LogP contribution < -0.4 is 0 Å². The first-order valence-electron chi connectivity index (χ1n) is 3.23. The van der Waals surface area contributed by atoms with E-state index in [1.54, 1.807) is 45.2 Å². The molecule has 1 nitrogen and oxygen atoms in total. The molecule has 1 rings (SSSR count). The fourth-order valence-electron chi connectivity index (χ4n) is 0.735. The van der Waals surface area contributed by atoms with Gasteiger partial charge in [-0.25, -0.2) is 0 Å². The molecule has 0 bridgehead atoms. The lowest BCUT2D eigenvalue weighted by Gasteiger charge is -2.07. The van der Waals surface area contributed by atoms with E-state index in [2.05, 4.69) is 0 Å². The van der Waals surface area contributed by atoms with E-state index in [0.29, 0.717) is 7.14 Å². The molecule has 0 saturated heterocycles. The largest absolute Gasteiger partial charge is 0.506 e. The van der Waals surface area contributed by atoms with Crippen molar-refractivity contribution in [3.05, 3.63) is 19.3 Å². The van der Waals surface area contributed by atoms with Gasteiger partial charge in [0.25, 0.3) is 0 Å². The normalized spacial score (nSPS) is 11.8. The van der Waals surface area contributed by atoms with Crippen LogP contribution in [0.4, 0.5) is 13.2 Å². The molecule has 0 unspecified atom stereocenters. The molecule has 0 aliphatic carbocycles.